The third kappa shape index (κ3) is 2.92. The molecule has 1 atom stereocenters. The van der Waals surface area contributed by atoms with Crippen LogP contribution in [-0.4, -0.2) is 30.2 Å². The minimum Gasteiger partial charge on any atom is -0.496 e. The van der Waals surface area contributed by atoms with Crippen molar-refractivity contribution >= 4 is 0 Å². The fourth-order valence-corrected chi connectivity index (χ4v) is 3.88. The van der Waals surface area contributed by atoms with E-state index in [1.807, 2.05) is 0 Å². The number of benzene rings is 1. The molecule has 0 amide bonds. The van der Waals surface area contributed by atoms with Crippen molar-refractivity contribution in [2.75, 3.05) is 20.2 Å². The highest BCUT2D eigenvalue weighted by molar-refractivity contribution is 5.46. The van der Waals surface area contributed by atoms with E-state index in [0.717, 1.165) is 43.2 Å². The maximum Gasteiger partial charge on any atom is 0.124 e. The molecular formula is C19H27NO2. The molecule has 1 aromatic rings. The monoisotopic (exact) mass is 301 g/mol. The van der Waals surface area contributed by atoms with E-state index >= 15 is 0 Å². The number of hydrogen-bond donors (Lipinski definition) is 1. The standard InChI is InChI=1S/C19H27NO2/c1-13(2)8-14-4-5-18-17-9-16(12-21)19(22-3)10-15(17)6-7-20(18)11-14/h4,9-10,13,18,21H,5-8,11-12H2,1-3H3/t18-/m1/s1. The lowest BCUT2D eigenvalue weighted by molar-refractivity contribution is 0.187. The molecule has 2 heterocycles. The Hall–Kier alpha value is -1.32. The summed E-state index contributed by atoms with van der Waals surface area (Å²) in [6.07, 6.45) is 5.81. The van der Waals surface area contributed by atoms with E-state index in [4.69, 9.17) is 4.74 Å². The van der Waals surface area contributed by atoms with Crippen LogP contribution in [0.5, 0.6) is 5.75 Å². The smallest absolute Gasteiger partial charge is 0.124 e. The molecule has 0 saturated carbocycles. The van der Waals surface area contributed by atoms with Crippen LogP contribution in [0.25, 0.3) is 0 Å². The van der Waals surface area contributed by atoms with E-state index in [9.17, 15) is 5.11 Å². The normalized spacial score (nSPS) is 21.3. The molecule has 0 aromatic heterocycles. The molecule has 2 aliphatic heterocycles. The molecule has 22 heavy (non-hydrogen) atoms. The molecule has 120 valence electrons. The second kappa shape index (κ2) is 6.43. The van der Waals surface area contributed by atoms with Crippen LogP contribution in [0.15, 0.2) is 23.8 Å². The number of ether oxygens (including phenoxy) is 1. The van der Waals surface area contributed by atoms with Crippen LogP contribution in [0.4, 0.5) is 0 Å². The molecule has 0 bridgehead atoms. The average molecular weight is 301 g/mol. The Kier molecular flexibility index (Phi) is 4.55. The summed E-state index contributed by atoms with van der Waals surface area (Å²) < 4.78 is 5.41. The highest BCUT2D eigenvalue weighted by atomic mass is 16.5. The van der Waals surface area contributed by atoms with Crippen LogP contribution < -0.4 is 4.74 Å². The average Bonchev–Trinajstić information content (AvgIpc) is 2.52. The zero-order chi connectivity index (χ0) is 15.7. The van der Waals surface area contributed by atoms with Crippen molar-refractivity contribution in [2.24, 2.45) is 5.92 Å². The number of nitrogens with zero attached hydrogens (tertiary/aromatic N) is 1. The molecule has 1 N–H and O–H groups in total. The van der Waals surface area contributed by atoms with E-state index < -0.39 is 0 Å². The van der Waals surface area contributed by atoms with E-state index in [2.05, 4.69) is 37.0 Å². The SMILES string of the molecule is COc1cc2c(cc1CO)[C@H]1CC=C(CC(C)C)CN1CC2. The molecule has 0 saturated heterocycles. The summed E-state index contributed by atoms with van der Waals surface area (Å²) in [6, 6.07) is 4.76. The Morgan fingerprint density at radius 3 is 2.86 bits per heavy atom. The Morgan fingerprint density at radius 1 is 1.36 bits per heavy atom. The molecule has 3 nitrogen and oxygen atoms in total. The Morgan fingerprint density at radius 2 is 2.18 bits per heavy atom. The molecule has 1 aromatic carbocycles. The first kappa shape index (κ1) is 15.6. The van der Waals surface area contributed by atoms with Gasteiger partial charge in [0.15, 0.2) is 0 Å². The first-order valence-corrected chi connectivity index (χ1v) is 8.34. The number of fused-ring (bicyclic) bond motifs is 3. The zero-order valence-corrected chi connectivity index (χ0v) is 13.9. The minimum absolute atomic E-state index is 0.0393. The lowest BCUT2D eigenvalue weighted by atomic mass is 9.85. The van der Waals surface area contributed by atoms with Gasteiger partial charge in [0, 0.05) is 24.7 Å². The van der Waals surface area contributed by atoms with Crippen molar-refractivity contribution in [1.82, 2.24) is 4.90 Å². The lowest BCUT2D eigenvalue weighted by Gasteiger charge is -2.41. The topological polar surface area (TPSA) is 32.7 Å². The van der Waals surface area contributed by atoms with Gasteiger partial charge in [-0.2, -0.15) is 0 Å². The van der Waals surface area contributed by atoms with Gasteiger partial charge < -0.3 is 9.84 Å². The number of rotatable bonds is 4. The van der Waals surface area contributed by atoms with Crippen molar-refractivity contribution in [2.45, 2.75) is 45.8 Å². The van der Waals surface area contributed by atoms with Gasteiger partial charge in [0.05, 0.1) is 13.7 Å². The fourth-order valence-electron chi connectivity index (χ4n) is 3.88. The molecule has 3 rings (SSSR count). The second-order valence-corrected chi connectivity index (χ2v) is 6.95. The fraction of sp³-hybridized carbons (Fsp3) is 0.579. The van der Waals surface area contributed by atoms with Gasteiger partial charge in [0.25, 0.3) is 0 Å². The summed E-state index contributed by atoms with van der Waals surface area (Å²) in [7, 11) is 1.68. The van der Waals surface area contributed by atoms with Gasteiger partial charge in [-0.1, -0.05) is 25.5 Å². The van der Waals surface area contributed by atoms with Crippen LogP contribution in [-0.2, 0) is 13.0 Å². The highest BCUT2D eigenvalue weighted by Crippen LogP contribution is 2.39. The quantitative estimate of drug-likeness (QED) is 0.865. The summed E-state index contributed by atoms with van der Waals surface area (Å²) in [5.41, 5.74) is 5.26. The third-order valence-corrected chi connectivity index (χ3v) is 4.89. The molecule has 0 fully saturated rings. The van der Waals surface area contributed by atoms with Gasteiger partial charge in [-0.15, -0.1) is 0 Å². The molecule has 0 unspecified atom stereocenters. The van der Waals surface area contributed by atoms with E-state index in [-0.39, 0.29) is 6.61 Å². The van der Waals surface area contributed by atoms with Gasteiger partial charge in [-0.3, -0.25) is 4.90 Å². The lowest BCUT2D eigenvalue weighted by Crippen LogP contribution is -2.39. The van der Waals surface area contributed by atoms with E-state index in [0.29, 0.717) is 6.04 Å². The first-order valence-electron chi connectivity index (χ1n) is 8.34. The van der Waals surface area contributed by atoms with Crippen LogP contribution in [0, 0.1) is 5.92 Å². The molecule has 0 radical (unpaired) electrons. The van der Waals surface area contributed by atoms with Crippen molar-refractivity contribution in [1.29, 1.82) is 0 Å². The molecular weight excluding hydrogens is 274 g/mol. The maximum absolute atomic E-state index is 9.58. The molecule has 2 aliphatic rings. The van der Waals surface area contributed by atoms with Crippen LogP contribution >= 0.6 is 0 Å². The van der Waals surface area contributed by atoms with Crippen LogP contribution in [0.1, 0.15) is 49.4 Å². The van der Waals surface area contributed by atoms with Gasteiger partial charge in [0.1, 0.15) is 5.75 Å². The number of aliphatic hydroxyl groups is 1. The second-order valence-electron chi connectivity index (χ2n) is 6.95. The minimum atomic E-state index is 0.0393. The predicted molar refractivity (Wildman–Crippen MR) is 89.1 cm³/mol. The predicted octanol–water partition coefficient (Wildman–Crippen LogP) is 3.46. The van der Waals surface area contributed by atoms with Crippen molar-refractivity contribution < 1.29 is 9.84 Å². The number of aliphatic hydroxyl groups excluding tert-OH is 1. The molecule has 0 aliphatic carbocycles. The summed E-state index contributed by atoms with van der Waals surface area (Å²) in [5.74, 6) is 1.55. The van der Waals surface area contributed by atoms with Gasteiger partial charge in [-0.25, -0.2) is 0 Å². The van der Waals surface area contributed by atoms with Gasteiger partial charge >= 0.3 is 0 Å². The Balaban J connectivity index is 1.89. The van der Waals surface area contributed by atoms with Gasteiger partial charge in [0.2, 0.25) is 0 Å². The largest absolute Gasteiger partial charge is 0.496 e. The zero-order valence-electron chi connectivity index (χ0n) is 13.9. The number of hydrogen-bond acceptors (Lipinski definition) is 3. The first-order chi connectivity index (χ1) is 10.6. The summed E-state index contributed by atoms with van der Waals surface area (Å²) >= 11 is 0. The van der Waals surface area contributed by atoms with Crippen LogP contribution in [0.3, 0.4) is 0 Å². The third-order valence-electron chi connectivity index (χ3n) is 4.89. The number of methoxy groups -OCH3 is 1. The van der Waals surface area contributed by atoms with Crippen LogP contribution in [0.2, 0.25) is 0 Å². The van der Waals surface area contributed by atoms with Crippen molar-refractivity contribution in [3.8, 4) is 5.75 Å². The van der Waals surface area contributed by atoms with E-state index in [1.54, 1.807) is 12.7 Å². The maximum atomic E-state index is 9.58. The Labute approximate surface area is 133 Å². The molecule has 0 spiro atoms. The Bertz CT molecular complexity index is 577. The summed E-state index contributed by atoms with van der Waals surface area (Å²) in [4.78, 5) is 2.60. The van der Waals surface area contributed by atoms with E-state index in [1.165, 1.54) is 17.5 Å². The van der Waals surface area contributed by atoms with Crippen molar-refractivity contribution in [3.05, 3.63) is 40.5 Å². The highest BCUT2D eigenvalue weighted by Gasteiger charge is 2.30. The van der Waals surface area contributed by atoms with Crippen molar-refractivity contribution in [3.63, 3.8) is 0 Å². The van der Waals surface area contributed by atoms with Gasteiger partial charge in [-0.05, 0) is 48.4 Å². The molecule has 3 heteroatoms. The summed E-state index contributed by atoms with van der Waals surface area (Å²) in [6.45, 7) is 6.84. The summed E-state index contributed by atoms with van der Waals surface area (Å²) in [5, 5.41) is 9.58.